The zero-order valence-corrected chi connectivity index (χ0v) is 13.0. The predicted molar refractivity (Wildman–Crippen MR) is 86.1 cm³/mol. The lowest BCUT2D eigenvalue weighted by molar-refractivity contribution is 0.575. The van der Waals surface area contributed by atoms with E-state index in [-0.39, 0.29) is 6.04 Å². The van der Waals surface area contributed by atoms with Gasteiger partial charge in [0.25, 0.3) is 0 Å². The lowest BCUT2D eigenvalue weighted by Crippen LogP contribution is -2.38. The molecule has 0 aromatic heterocycles. The second kappa shape index (κ2) is 7.70. The van der Waals surface area contributed by atoms with Crippen molar-refractivity contribution in [2.24, 2.45) is 5.84 Å². The first-order valence-corrected chi connectivity index (χ1v) is 7.94. The lowest BCUT2D eigenvalue weighted by atomic mass is 10.1. The van der Waals surface area contributed by atoms with Crippen LogP contribution in [0.4, 0.5) is 0 Å². The zero-order valence-electron chi connectivity index (χ0n) is 10.6. The number of thioether (sulfide) groups is 1. The third kappa shape index (κ3) is 4.99. The molecule has 0 amide bonds. The molecule has 3 N–H and O–H groups in total. The summed E-state index contributed by atoms with van der Waals surface area (Å²) < 4.78 is 1.11. The average Bonchev–Trinajstić information content (AvgIpc) is 2.44. The molecule has 0 saturated heterocycles. The van der Waals surface area contributed by atoms with Gasteiger partial charge in [-0.3, -0.25) is 11.3 Å². The van der Waals surface area contributed by atoms with Gasteiger partial charge in [0.1, 0.15) is 0 Å². The molecular weight excluding hydrogens is 320 g/mol. The molecule has 0 radical (unpaired) electrons. The molecule has 0 spiro atoms. The smallest absolute Gasteiger partial charge is 0.0344 e. The first-order valence-electron chi connectivity index (χ1n) is 6.16. The summed E-state index contributed by atoms with van der Waals surface area (Å²) in [7, 11) is 0. The Morgan fingerprint density at radius 1 is 1.11 bits per heavy atom. The van der Waals surface area contributed by atoms with Crippen LogP contribution in [0, 0.1) is 0 Å². The van der Waals surface area contributed by atoms with E-state index in [9.17, 15) is 0 Å². The van der Waals surface area contributed by atoms with Gasteiger partial charge in [0.15, 0.2) is 0 Å². The summed E-state index contributed by atoms with van der Waals surface area (Å²) in [6.45, 7) is 0. The number of nitrogens with one attached hydrogen (secondary N) is 1. The summed E-state index contributed by atoms with van der Waals surface area (Å²) in [6.07, 6.45) is 0.926. The van der Waals surface area contributed by atoms with E-state index in [2.05, 4.69) is 63.8 Å². The van der Waals surface area contributed by atoms with Gasteiger partial charge in [-0.25, -0.2) is 0 Å². The van der Waals surface area contributed by atoms with Gasteiger partial charge in [0.05, 0.1) is 0 Å². The molecule has 0 fully saturated rings. The van der Waals surface area contributed by atoms with E-state index in [1.54, 1.807) is 0 Å². The minimum Gasteiger partial charge on any atom is -0.271 e. The molecule has 0 aliphatic rings. The first kappa shape index (κ1) is 14.6. The van der Waals surface area contributed by atoms with Crippen LogP contribution < -0.4 is 11.3 Å². The maximum atomic E-state index is 5.65. The predicted octanol–water partition coefficient (Wildman–Crippen LogP) is 3.62. The van der Waals surface area contributed by atoms with Crippen molar-refractivity contribution in [1.82, 2.24) is 5.43 Å². The molecule has 0 saturated carbocycles. The van der Waals surface area contributed by atoms with E-state index in [0.717, 1.165) is 16.6 Å². The van der Waals surface area contributed by atoms with Crippen LogP contribution in [-0.2, 0) is 6.42 Å². The summed E-state index contributed by atoms with van der Waals surface area (Å²) in [5.41, 5.74) is 4.19. The van der Waals surface area contributed by atoms with Crippen LogP contribution in [0.3, 0.4) is 0 Å². The van der Waals surface area contributed by atoms with Crippen molar-refractivity contribution in [3.05, 3.63) is 64.6 Å². The van der Waals surface area contributed by atoms with Crippen LogP contribution in [0.2, 0.25) is 0 Å². The van der Waals surface area contributed by atoms with Crippen LogP contribution in [0.15, 0.2) is 64.0 Å². The van der Waals surface area contributed by atoms with Gasteiger partial charge in [0, 0.05) is 21.2 Å². The number of hydrogen-bond donors (Lipinski definition) is 2. The van der Waals surface area contributed by atoms with Crippen molar-refractivity contribution in [2.75, 3.05) is 5.75 Å². The van der Waals surface area contributed by atoms with Gasteiger partial charge in [-0.1, -0.05) is 46.3 Å². The van der Waals surface area contributed by atoms with Gasteiger partial charge in [-0.05, 0) is 36.2 Å². The fourth-order valence-corrected chi connectivity index (χ4v) is 3.23. The Kier molecular flexibility index (Phi) is 5.92. The van der Waals surface area contributed by atoms with Gasteiger partial charge in [-0.15, -0.1) is 11.8 Å². The molecule has 19 heavy (non-hydrogen) atoms. The van der Waals surface area contributed by atoms with Crippen LogP contribution in [-0.4, -0.2) is 11.8 Å². The summed E-state index contributed by atoms with van der Waals surface area (Å²) >= 11 is 5.32. The summed E-state index contributed by atoms with van der Waals surface area (Å²) in [5.74, 6) is 6.60. The largest absolute Gasteiger partial charge is 0.271 e. The minimum absolute atomic E-state index is 0.263. The van der Waals surface area contributed by atoms with Crippen LogP contribution in [0.25, 0.3) is 0 Å². The quantitative estimate of drug-likeness (QED) is 0.480. The minimum atomic E-state index is 0.263. The summed E-state index contributed by atoms with van der Waals surface area (Å²) in [6, 6.07) is 19.0. The van der Waals surface area contributed by atoms with Crippen LogP contribution >= 0.6 is 27.7 Å². The van der Waals surface area contributed by atoms with E-state index in [1.807, 2.05) is 23.9 Å². The molecule has 0 aliphatic carbocycles. The van der Waals surface area contributed by atoms with Crippen molar-refractivity contribution in [1.29, 1.82) is 0 Å². The fraction of sp³-hybridized carbons (Fsp3) is 0.200. The van der Waals surface area contributed by atoms with E-state index >= 15 is 0 Å². The Morgan fingerprint density at radius 3 is 2.58 bits per heavy atom. The van der Waals surface area contributed by atoms with Gasteiger partial charge in [-0.2, -0.15) is 0 Å². The standard InChI is InChI=1S/C15H17BrN2S/c16-13-6-4-5-12(9-13)10-14(18-17)11-19-15-7-2-1-3-8-15/h1-9,14,18H,10-11,17H2. The molecule has 100 valence electrons. The molecule has 0 aliphatic heterocycles. The lowest BCUT2D eigenvalue weighted by Gasteiger charge is -2.15. The average molecular weight is 337 g/mol. The normalized spacial score (nSPS) is 12.3. The molecule has 0 heterocycles. The number of rotatable bonds is 6. The maximum Gasteiger partial charge on any atom is 0.0344 e. The fourth-order valence-electron chi connectivity index (χ4n) is 1.83. The molecule has 2 rings (SSSR count). The molecule has 2 nitrogen and oxygen atoms in total. The highest BCUT2D eigenvalue weighted by Crippen LogP contribution is 2.20. The number of nitrogens with two attached hydrogens (primary N) is 1. The second-order valence-electron chi connectivity index (χ2n) is 4.32. The molecule has 2 aromatic rings. The van der Waals surface area contributed by atoms with Gasteiger partial charge in [0.2, 0.25) is 0 Å². The number of halogens is 1. The second-order valence-corrected chi connectivity index (χ2v) is 6.33. The SMILES string of the molecule is NNC(CSc1ccccc1)Cc1cccc(Br)c1. The van der Waals surface area contributed by atoms with Gasteiger partial charge < -0.3 is 0 Å². The highest BCUT2D eigenvalue weighted by Gasteiger charge is 2.08. The molecular formula is C15H17BrN2S. The van der Waals surface area contributed by atoms with Crippen molar-refractivity contribution >= 4 is 27.7 Å². The topological polar surface area (TPSA) is 38.0 Å². The van der Waals surface area contributed by atoms with Crippen molar-refractivity contribution in [2.45, 2.75) is 17.4 Å². The summed E-state index contributed by atoms with van der Waals surface area (Å²) in [5, 5.41) is 0. The highest BCUT2D eigenvalue weighted by atomic mass is 79.9. The molecule has 2 aromatic carbocycles. The summed E-state index contributed by atoms with van der Waals surface area (Å²) in [4.78, 5) is 1.27. The molecule has 1 unspecified atom stereocenters. The first-order chi connectivity index (χ1) is 9.28. The van der Waals surface area contributed by atoms with E-state index < -0.39 is 0 Å². The van der Waals surface area contributed by atoms with Crippen molar-refractivity contribution < 1.29 is 0 Å². The Hall–Kier alpha value is -0.810. The highest BCUT2D eigenvalue weighted by molar-refractivity contribution is 9.10. The Morgan fingerprint density at radius 2 is 1.89 bits per heavy atom. The van der Waals surface area contributed by atoms with Crippen molar-refractivity contribution in [3.8, 4) is 0 Å². The monoisotopic (exact) mass is 336 g/mol. The van der Waals surface area contributed by atoms with Crippen LogP contribution in [0.5, 0.6) is 0 Å². The third-order valence-corrected chi connectivity index (χ3v) is 4.47. The van der Waals surface area contributed by atoms with E-state index in [1.165, 1.54) is 10.5 Å². The van der Waals surface area contributed by atoms with Crippen molar-refractivity contribution in [3.63, 3.8) is 0 Å². The van der Waals surface area contributed by atoms with E-state index in [0.29, 0.717) is 0 Å². The maximum absolute atomic E-state index is 5.65. The van der Waals surface area contributed by atoms with E-state index in [4.69, 9.17) is 5.84 Å². The number of benzene rings is 2. The van der Waals surface area contributed by atoms with Crippen LogP contribution in [0.1, 0.15) is 5.56 Å². The Bertz CT molecular complexity index is 505. The molecule has 4 heteroatoms. The molecule has 1 atom stereocenters. The zero-order chi connectivity index (χ0) is 13.5. The Balaban J connectivity index is 1.90. The third-order valence-electron chi connectivity index (χ3n) is 2.80. The Labute approximate surface area is 126 Å². The number of hydrogen-bond acceptors (Lipinski definition) is 3. The van der Waals surface area contributed by atoms with Gasteiger partial charge >= 0.3 is 0 Å². The number of hydrazine groups is 1. The molecule has 0 bridgehead atoms.